The minimum absolute atomic E-state index is 0.205. The van der Waals surface area contributed by atoms with Crippen molar-refractivity contribution in [3.8, 4) is 6.07 Å². The quantitative estimate of drug-likeness (QED) is 0.467. The van der Waals surface area contributed by atoms with Gasteiger partial charge in [0.1, 0.15) is 0 Å². The van der Waals surface area contributed by atoms with E-state index in [1.165, 1.54) is 11.9 Å². The molecule has 3 N–H and O–H groups in total. The lowest BCUT2D eigenvalue weighted by Crippen LogP contribution is -2.23. The van der Waals surface area contributed by atoms with E-state index in [2.05, 4.69) is 26.1 Å². The van der Waals surface area contributed by atoms with Crippen LogP contribution in [0.3, 0.4) is 0 Å². The van der Waals surface area contributed by atoms with Crippen molar-refractivity contribution in [2.24, 2.45) is 0 Å². The number of nitrogens with zero attached hydrogens (tertiary/aromatic N) is 2. The number of H-pyrrole nitrogens is 1. The Balaban J connectivity index is 1.58. The summed E-state index contributed by atoms with van der Waals surface area (Å²) in [6, 6.07) is 15.1. The van der Waals surface area contributed by atoms with Crippen LogP contribution in [0.2, 0.25) is 5.02 Å². The topological polar surface area (TPSA) is 93.6 Å². The summed E-state index contributed by atoms with van der Waals surface area (Å²) >= 11 is 7.62. The van der Waals surface area contributed by atoms with Gasteiger partial charge >= 0.3 is 0 Å². The van der Waals surface area contributed by atoms with Crippen molar-refractivity contribution in [1.29, 1.82) is 5.26 Å². The van der Waals surface area contributed by atoms with Crippen molar-refractivity contribution in [1.82, 2.24) is 15.3 Å². The van der Waals surface area contributed by atoms with E-state index < -0.39 is 5.41 Å². The monoisotopic (exact) mass is 425 g/mol. The number of aromatic nitrogens is 2. The molecule has 0 saturated heterocycles. The van der Waals surface area contributed by atoms with Crippen molar-refractivity contribution >= 4 is 35.4 Å². The lowest BCUT2D eigenvalue weighted by molar-refractivity contribution is 0.0951. The maximum Gasteiger partial charge on any atom is 0.251 e. The molecule has 3 aromatic rings. The number of rotatable bonds is 7. The van der Waals surface area contributed by atoms with Crippen molar-refractivity contribution in [3.05, 3.63) is 76.6 Å². The Hall–Kier alpha value is -2.95. The number of carbonyl (C=O) groups is 1. The lowest BCUT2D eigenvalue weighted by Gasteiger charge is -2.16. The van der Waals surface area contributed by atoms with Gasteiger partial charge in [0.2, 0.25) is 5.95 Å². The van der Waals surface area contributed by atoms with Crippen LogP contribution in [-0.2, 0) is 12.0 Å². The molecule has 0 aliphatic heterocycles. The van der Waals surface area contributed by atoms with Gasteiger partial charge in [-0.25, -0.2) is 4.98 Å². The van der Waals surface area contributed by atoms with Crippen LogP contribution in [-0.4, -0.2) is 15.9 Å². The van der Waals surface area contributed by atoms with Crippen LogP contribution in [0.25, 0.3) is 0 Å². The molecule has 0 bridgehead atoms. The summed E-state index contributed by atoms with van der Waals surface area (Å²) in [7, 11) is 0. The zero-order valence-corrected chi connectivity index (χ0v) is 17.6. The average molecular weight is 426 g/mol. The Morgan fingerprint density at radius 3 is 2.66 bits per heavy atom. The molecule has 0 unspecified atom stereocenters. The first kappa shape index (κ1) is 20.8. The second-order valence-electron chi connectivity index (χ2n) is 6.90. The van der Waals surface area contributed by atoms with Gasteiger partial charge in [0, 0.05) is 29.4 Å². The molecule has 1 amide bonds. The summed E-state index contributed by atoms with van der Waals surface area (Å²) in [5.74, 6) is 0.418. The number of anilines is 1. The summed E-state index contributed by atoms with van der Waals surface area (Å²) in [6.07, 6.45) is 3.37. The van der Waals surface area contributed by atoms with E-state index in [9.17, 15) is 10.1 Å². The number of amides is 1. The summed E-state index contributed by atoms with van der Waals surface area (Å²) in [5, 5.41) is 12.6. The molecule has 8 heteroatoms. The van der Waals surface area contributed by atoms with E-state index >= 15 is 0 Å². The van der Waals surface area contributed by atoms with Crippen molar-refractivity contribution in [2.45, 2.75) is 30.7 Å². The third-order valence-electron chi connectivity index (χ3n) is 4.36. The first-order chi connectivity index (χ1) is 13.9. The molecule has 0 saturated carbocycles. The van der Waals surface area contributed by atoms with E-state index in [0.29, 0.717) is 23.1 Å². The van der Waals surface area contributed by atoms with Gasteiger partial charge in [0.25, 0.3) is 5.91 Å². The number of imidazole rings is 1. The zero-order chi connectivity index (χ0) is 20.9. The Kier molecular flexibility index (Phi) is 6.47. The number of carbonyl (C=O) groups excluding carboxylic acids is 1. The molecule has 0 aliphatic rings. The highest BCUT2D eigenvalue weighted by molar-refractivity contribution is 8.00. The fourth-order valence-electron chi connectivity index (χ4n) is 2.54. The van der Waals surface area contributed by atoms with Crippen LogP contribution in [0.5, 0.6) is 0 Å². The van der Waals surface area contributed by atoms with Crippen molar-refractivity contribution in [2.75, 3.05) is 4.72 Å². The Morgan fingerprint density at radius 2 is 2.03 bits per heavy atom. The fourth-order valence-corrected chi connectivity index (χ4v) is 3.44. The largest absolute Gasteiger partial charge is 0.348 e. The van der Waals surface area contributed by atoms with Crippen LogP contribution < -0.4 is 10.0 Å². The number of hydrogen-bond acceptors (Lipinski definition) is 5. The van der Waals surface area contributed by atoms with Crippen LogP contribution in [0.1, 0.15) is 35.3 Å². The predicted molar refractivity (Wildman–Crippen MR) is 116 cm³/mol. The van der Waals surface area contributed by atoms with Crippen LogP contribution in [0.15, 0.2) is 59.8 Å². The van der Waals surface area contributed by atoms with Crippen LogP contribution in [0, 0.1) is 11.3 Å². The molecule has 29 heavy (non-hydrogen) atoms. The van der Waals surface area contributed by atoms with Gasteiger partial charge in [0.05, 0.1) is 16.5 Å². The van der Waals surface area contributed by atoms with Gasteiger partial charge in [0.15, 0.2) is 0 Å². The number of nitrogens with one attached hydrogen (secondary N) is 3. The van der Waals surface area contributed by atoms with Crippen LogP contribution in [0.4, 0.5) is 5.95 Å². The molecule has 1 aromatic heterocycles. The number of aromatic amines is 1. The molecule has 0 atom stereocenters. The van der Waals surface area contributed by atoms with Crippen LogP contribution >= 0.6 is 23.5 Å². The third kappa shape index (κ3) is 5.31. The molecule has 6 nitrogen and oxygen atoms in total. The van der Waals surface area contributed by atoms with E-state index in [1.54, 1.807) is 30.6 Å². The normalized spacial score (nSPS) is 11.0. The Labute approximate surface area is 178 Å². The van der Waals surface area contributed by atoms with Gasteiger partial charge < -0.3 is 10.3 Å². The highest BCUT2D eigenvalue weighted by Crippen LogP contribution is 2.28. The fraction of sp³-hybridized carbons (Fsp3) is 0.190. The van der Waals surface area contributed by atoms with Gasteiger partial charge in [-0.05, 0) is 55.1 Å². The SMILES string of the molecule is CC(C)(C#N)c1ccc(CNC(=O)c2ccc(SNc3ncc[nH]3)c(Cl)c2)cc1. The molecule has 0 spiro atoms. The molecule has 0 aliphatic carbocycles. The van der Waals surface area contributed by atoms with Gasteiger partial charge in [-0.3, -0.25) is 9.52 Å². The van der Waals surface area contributed by atoms with Gasteiger partial charge in [-0.2, -0.15) is 5.26 Å². The van der Waals surface area contributed by atoms with E-state index in [1.807, 2.05) is 38.1 Å². The Morgan fingerprint density at radius 1 is 1.28 bits per heavy atom. The van der Waals surface area contributed by atoms with E-state index in [0.717, 1.165) is 16.0 Å². The first-order valence-electron chi connectivity index (χ1n) is 8.90. The highest BCUT2D eigenvalue weighted by atomic mass is 35.5. The van der Waals surface area contributed by atoms with E-state index in [-0.39, 0.29) is 5.91 Å². The summed E-state index contributed by atoms with van der Waals surface area (Å²) in [6.45, 7) is 4.14. The molecular weight excluding hydrogens is 406 g/mol. The predicted octanol–water partition coefficient (Wildman–Crippen LogP) is 4.91. The molecule has 3 rings (SSSR count). The minimum atomic E-state index is -0.538. The lowest BCUT2D eigenvalue weighted by atomic mass is 9.86. The zero-order valence-electron chi connectivity index (χ0n) is 16.0. The maximum absolute atomic E-state index is 12.4. The third-order valence-corrected chi connectivity index (χ3v) is 5.65. The number of halogens is 1. The summed E-state index contributed by atoms with van der Waals surface area (Å²) in [5.41, 5.74) is 1.85. The molecule has 1 heterocycles. The Bertz CT molecular complexity index is 1030. The summed E-state index contributed by atoms with van der Waals surface area (Å²) in [4.78, 5) is 20.2. The summed E-state index contributed by atoms with van der Waals surface area (Å²) < 4.78 is 3.04. The highest BCUT2D eigenvalue weighted by Gasteiger charge is 2.19. The maximum atomic E-state index is 12.4. The van der Waals surface area contributed by atoms with Gasteiger partial charge in [-0.1, -0.05) is 35.9 Å². The van der Waals surface area contributed by atoms with Gasteiger partial charge in [-0.15, -0.1) is 0 Å². The average Bonchev–Trinajstić information content (AvgIpc) is 3.25. The molecular formula is C21H20ClN5OS. The van der Waals surface area contributed by atoms with Crippen molar-refractivity contribution in [3.63, 3.8) is 0 Å². The minimum Gasteiger partial charge on any atom is -0.348 e. The molecule has 0 radical (unpaired) electrons. The number of hydrogen-bond donors (Lipinski definition) is 3. The number of benzene rings is 2. The molecule has 148 valence electrons. The number of nitriles is 1. The smallest absolute Gasteiger partial charge is 0.251 e. The van der Waals surface area contributed by atoms with E-state index in [4.69, 9.17) is 11.6 Å². The van der Waals surface area contributed by atoms with Crippen molar-refractivity contribution < 1.29 is 4.79 Å². The first-order valence-corrected chi connectivity index (χ1v) is 10.1. The second kappa shape index (κ2) is 9.03. The second-order valence-corrected chi connectivity index (χ2v) is 8.16. The molecule has 0 fully saturated rings. The molecule has 2 aromatic carbocycles. The standard InChI is InChI=1S/C21H20ClN5OS/c1-21(2,13-23)16-6-3-14(4-7-16)12-26-19(28)15-5-8-18(17(22)11-15)29-27-20-24-9-10-25-20/h3-11H,12H2,1-2H3,(H,26,28)(H2,24,25,27).